The van der Waals surface area contributed by atoms with Gasteiger partial charge in [0.05, 0.1) is 5.69 Å². The summed E-state index contributed by atoms with van der Waals surface area (Å²) in [6.07, 6.45) is 0. The summed E-state index contributed by atoms with van der Waals surface area (Å²) < 4.78 is 0. The van der Waals surface area contributed by atoms with Crippen molar-refractivity contribution in [3.63, 3.8) is 0 Å². The van der Waals surface area contributed by atoms with E-state index in [-0.39, 0.29) is 12.3 Å². The van der Waals surface area contributed by atoms with Crippen LogP contribution in [-0.4, -0.2) is 6.85 Å². The molecule has 0 saturated heterocycles. The summed E-state index contributed by atoms with van der Waals surface area (Å²) in [6, 6.07) is 47.3. The van der Waals surface area contributed by atoms with Crippen molar-refractivity contribution in [2.24, 2.45) is 0 Å². The maximum atomic E-state index is 2.56. The fourth-order valence-electron chi connectivity index (χ4n) is 7.13. The Hall–Kier alpha value is -4.76. The molecule has 2 aliphatic heterocycles. The van der Waals surface area contributed by atoms with Gasteiger partial charge in [0, 0.05) is 33.7 Å². The molecule has 42 heavy (non-hydrogen) atoms. The number of fused-ring (bicyclic) bond motifs is 5. The van der Waals surface area contributed by atoms with E-state index in [0.29, 0.717) is 0 Å². The van der Waals surface area contributed by atoms with Gasteiger partial charge in [-0.3, -0.25) is 0 Å². The predicted octanol–water partition coefficient (Wildman–Crippen LogP) is 9.15. The number of nitrogens with zero attached hydrogens (tertiary/aromatic N) is 2. The van der Waals surface area contributed by atoms with E-state index in [1.54, 1.807) is 0 Å². The second kappa shape index (κ2) is 9.12. The predicted molar refractivity (Wildman–Crippen MR) is 181 cm³/mol. The zero-order valence-corrected chi connectivity index (χ0v) is 24.6. The lowest BCUT2D eigenvalue weighted by Gasteiger charge is -2.46. The van der Waals surface area contributed by atoms with E-state index in [2.05, 4.69) is 165 Å². The van der Waals surface area contributed by atoms with E-state index in [4.69, 9.17) is 0 Å². The monoisotopic (exact) mass is 540 g/mol. The van der Waals surface area contributed by atoms with Gasteiger partial charge in [0.2, 0.25) is 0 Å². The van der Waals surface area contributed by atoms with Gasteiger partial charge in [-0.1, -0.05) is 123 Å². The average Bonchev–Trinajstić information content (AvgIpc) is 3.01. The summed E-state index contributed by atoms with van der Waals surface area (Å²) in [7, 11) is 0. The number of hydrogen-bond donors (Lipinski definition) is 0. The third kappa shape index (κ3) is 3.59. The molecule has 202 valence electrons. The highest BCUT2D eigenvalue weighted by atomic mass is 15.2. The van der Waals surface area contributed by atoms with Crippen LogP contribution in [0.1, 0.15) is 31.9 Å². The van der Waals surface area contributed by atoms with E-state index in [1.165, 1.54) is 72.4 Å². The Morgan fingerprint density at radius 1 is 0.571 bits per heavy atom. The van der Waals surface area contributed by atoms with Crippen LogP contribution < -0.4 is 20.6 Å². The zero-order chi connectivity index (χ0) is 28.6. The van der Waals surface area contributed by atoms with Crippen molar-refractivity contribution in [1.82, 2.24) is 0 Å². The Bertz CT molecular complexity index is 2000. The molecule has 3 heteroatoms. The van der Waals surface area contributed by atoms with E-state index >= 15 is 0 Å². The quantitative estimate of drug-likeness (QED) is 0.202. The van der Waals surface area contributed by atoms with Gasteiger partial charge in [-0.25, -0.2) is 0 Å². The van der Waals surface area contributed by atoms with Gasteiger partial charge in [-0.05, 0) is 70.1 Å². The van der Waals surface area contributed by atoms with Crippen LogP contribution in [0.3, 0.4) is 0 Å². The van der Waals surface area contributed by atoms with Crippen molar-refractivity contribution < 1.29 is 0 Å². The van der Waals surface area contributed by atoms with Crippen LogP contribution in [0, 0.1) is 6.92 Å². The Morgan fingerprint density at radius 3 is 2.05 bits per heavy atom. The van der Waals surface area contributed by atoms with Crippen molar-refractivity contribution in [2.45, 2.75) is 33.1 Å². The summed E-state index contributed by atoms with van der Waals surface area (Å²) in [5, 5.41) is 2.54. The molecule has 0 atom stereocenters. The lowest BCUT2D eigenvalue weighted by atomic mass is 9.43. The van der Waals surface area contributed by atoms with Crippen LogP contribution in [0.2, 0.25) is 0 Å². The molecular formula is C39H33BN2. The van der Waals surface area contributed by atoms with Crippen molar-refractivity contribution in [1.29, 1.82) is 0 Å². The molecule has 0 fully saturated rings. The first-order valence-electron chi connectivity index (χ1n) is 14.9. The first-order chi connectivity index (χ1) is 20.4. The normalized spacial score (nSPS) is 13.6. The minimum Gasteiger partial charge on any atom is -0.376 e. The molecule has 8 rings (SSSR count). The molecule has 0 spiro atoms. The molecule has 2 aliphatic rings. The van der Waals surface area contributed by atoms with Crippen molar-refractivity contribution in [3.05, 3.63) is 139 Å². The van der Waals surface area contributed by atoms with E-state index in [9.17, 15) is 0 Å². The molecule has 0 radical (unpaired) electrons. The highest BCUT2D eigenvalue weighted by Gasteiger charge is 2.45. The lowest BCUT2D eigenvalue weighted by molar-refractivity contribution is 0.592. The van der Waals surface area contributed by atoms with Gasteiger partial charge >= 0.3 is 6.85 Å². The summed E-state index contributed by atoms with van der Waals surface area (Å²) in [6.45, 7) is 9.19. The summed E-state index contributed by atoms with van der Waals surface area (Å²) in [4.78, 5) is 5.12. The van der Waals surface area contributed by atoms with Gasteiger partial charge in [0.1, 0.15) is 0 Å². The maximum absolute atomic E-state index is 2.56. The Morgan fingerprint density at radius 2 is 1.24 bits per heavy atom. The molecule has 0 aromatic heterocycles. The Kier molecular flexibility index (Phi) is 5.43. The molecule has 0 amide bonds. The lowest BCUT2D eigenvalue weighted by Crippen LogP contribution is -2.61. The molecule has 0 N–H and O–H groups in total. The number of para-hydroxylation sites is 2. The Balaban J connectivity index is 1.50. The smallest absolute Gasteiger partial charge is 0.333 e. The fourth-order valence-corrected chi connectivity index (χ4v) is 7.13. The zero-order valence-electron chi connectivity index (χ0n) is 24.6. The second-order valence-corrected chi connectivity index (χ2v) is 12.7. The topological polar surface area (TPSA) is 6.48 Å². The third-order valence-corrected chi connectivity index (χ3v) is 9.03. The number of aryl methyl sites for hydroxylation is 1. The van der Waals surface area contributed by atoms with Crippen LogP contribution in [0.4, 0.5) is 28.4 Å². The maximum Gasteiger partial charge on any atom is 0.333 e. The van der Waals surface area contributed by atoms with Crippen LogP contribution in [0.5, 0.6) is 0 Å². The number of rotatable bonds is 2. The number of benzene rings is 6. The first kappa shape index (κ1) is 25.0. The van der Waals surface area contributed by atoms with Gasteiger partial charge in [0.25, 0.3) is 0 Å². The highest BCUT2D eigenvalue weighted by Crippen LogP contribution is 2.49. The largest absolute Gasteiger partial charge is 0.376 e. The van der Waals surface area contributed by atoms with Crippen molar-refractivity contribution in [2.75, 3.05) is 9.71 Å². The SMILES string of the molecule is Cc1ccc(N2B3c4ccccc4N(c4c(C(C)(C)C)ccc5ccccc45)c4cccc(c43)-c3ccccc32)cc1. The molecule has 2 heterocycles. The molecule has 0 aliphatic carbocycles. The van der Waals surface area contributed by atoms with Crippen molar-refractivity contribution >= 4 is 57.0 Å². The number of hydrogen-bond acceptors (Lipinski definition) is 2. The molecule has 0 bridgehead atoms. The summed E-state index contributed by atoms with van der Waals surface area (Å²) in [5.74, 6) is 0. The Labute approximate surface area is 249 Å². The molecule has 0 unspecified atom stereocenters. The standard InChI is InChI=1S/C39H33BN2/c1-26-20-23-28(24-21-26)42-34-17-9-7-14-30(34)31-15-11-19-36-37(31)40(42)33-16-8-10-18-35(33)41(36)38-29-13-6-5-12-27(29)22-25-32(38)39(2,3)4/h5-25H,1-4H3. The molecular weight excluding hydrogens is 507 g/mol. The number of anilines is 5. The highest BCUT2D eigenvalue weighted by molar-refractivity contribution is 6.93. The van der Waals surface area contributed by atoms with Gasteiger partial charge in [0.15, 0.2) is 0 Å². The average molecular weight is 541 g/mol. The minimum absolute atomic E-state index is 0.0411. The molecule has 0 saturated carbocycles. The second-order valence-electron chi connectivity index (χ2n) is 12.7. The molecule has 6 aromatic carbocycles. The van der Waals surface area contributed by atoms with Crippen LogP contribution in [0.15, 0.2) is 127 Å². The van der Waals surface area contributed by atoms with Gasteiger partial charge in [-0.2, -0.15) is 0 Å². The van der Waals surface area contributed by atoms with Crippen LogP contribution >= 0.6 is 0 Å². The third-order valence-electron chi connectivity index (χ3n) is 9.03. The van der Waals surface area contributed by atoms with Crippen LogP contribution in [-0.2, 0) is 5.41 Å². The van der Waals surface area contributed by atoms with E-state index in [1.807, 2.05) is 0 Å². The molecule has 2 nitrogen and oxygen atoms in total. The minimum atomic E-state index is -0.0411. The van der Waals surface area contributed by atoms with Crippen LogP contribution in [0.25, 0.3) is 21.9 Å². The molecule has 6 aromatic rings. The summed E-state index contributed by atoms with van der Waals surface area (Å²) >= 11 is 0. The van der Waals surface area contributed by atoms with Crippen molar-refractivity contribution in [3.8, 4) is 11.1 Å². The fraction of sp³-hybridized carbons (Fsp3) is 0.128. The van der Waals surface area contributed by atoms with Gasteiger partial charge in [-0.15, -0.1) is 0 Å². The van der Waals surface area contributed by atoms with E-state index in [0.717, 1.165) is 0 Å². The summed E-state index contributed by atoms with van der Waals surface area (Å²) in [5.41, 5.74) is 14.1. The van der Waals surface area contributed by atoms with Gasteiger partial charge < -0.3 is 9.71 Å². The first-order valence-corrected chi connectivity index (χ1v) is 14.9. The van der Waals surface area contributed by atoms with E-state index < -0.39 is 0 Å².